The van der Waals surface area contributed by atoms with E-state index in [1.54, 1.807) is 60.7 Å². The van der Waals surface area contributed by atoms with Gasteiger partial charge in [0.05, 0.1) is 28.6 Å². The summed E-state index contributed by atoms with van der Waals surface area (Å²) < 4.78 is 2.23. The SMILES string of the molecule is O=C(CSc1nc2ccccc2c(=O)n1-c1ccc(Cl)cc1)N/N=C/c1cc(Br)ccc1O. The van der Waals surface area contributed by atoms with Crippen LogP contribution in [0.2, 0.25) is 5.02 Å². The smallest absolute Gasteiger partial charge is 0.266 e. The van der Waals surface area contributed by atoms with Crippen LogP contribution in [-0.4, -0.2) is 32.5 Å². The van der Waals surface area contributed by atoms with Crippen LogP contribution >= 0.6 is 39.3 Å². The van der Waals surface area contributed by atoms with Crippen LogP contribution in [0.4, 0.5) is 0 Å². The lowest BCUT2D eigenvalue weighted by Crippen LogP contribution is -2.24. The van der Waals surface area contributed by atoms with E-state index in [0.717, 1.165) is 16.2 Å². The number of phenolic OH excluding ortho intramolecular Hbond substituents is 1. The third kappa shape index (κ3) is 5.44. The van der Waals surface area contributed by atoms with Gasteiger partial charge in [-0.3, -0.25) is 14.2 Å². The van der Waals surface area contributed by atoms with Crippen LogP contribution in [0.1, 0.15) is 5.56 Å². The molecule has 0 unspecified atom stereocenters. The Hall–Kier alpha value is -3.14. The molecule has 0 atom stereocenters. The molecule has 0 radical (unpaired) electrons. The van der Waals surface area contributed by atoms with Crippen molar-refractivity contribution in [3.8, 4) is 11.4 Å². The van der Waals surface area contributed by atoms with Gasteiger partial charge in [0.1, 0.15) is 5.75 Å². The zero-order chi connectivity index (χ0) is 23.4. The molecule has 3 aromatic carbocycles. The number of hydrazone groups is 1. The Morgan fingerprint density at radius 2 is 1.94 bits per heavy atom. The van der Waals surface area contributed by atoms with Crippen molar-refractivity contribution in [1.29, 1.82) is 0 Å². The fourth-order valence-corrected chi connectivity index (χ4v) is 4.30. The molecule has 33 heavy (non-hydrogen) atoms. The highest BCUT2D eigenvalue weighted by atomic mass is 79.9. The first kappa shape index (κ1) is 23.0. The van der Waals surface area contributed by atoms with E-state index in [4.69, 9.17) is 11.6 Å². The molecule has 0 saturated carbocycles. The molecule has 1 aromatic heterocycles. The van der Waals surface area contributed by atoms with Crippen LogP contribution in [0.5, 0.6) is 5.75 Å². The zero-order valence-electron chi connectivity index (χ0n) is 16.9. The second kappa shape index (κ2) is 10.2. The van der Waals surface area contributed by atoms with Gasteiger partial charge in [0.2, 0.25) is 0 Å². The van der Waals surface area contributed by atoms with E-state index in [1.807, 2.05) is 0 Å². The van der Waals surface area contributed by atoms with E-state index in [2.05, 4.69) is 31.4 Å². The first-order valence-electron chi connectivity index (χ1n) is 9.63. The molecule has 4 aromatic rings. The molecule has 2 N–H and O–H groups in total. The van der Waals surface area contributed by atoms with Crippen molar-refractivity contribution < 1.29 is 9.90 Å². The van der Waals surface area contributed by atoms with Crippen LogP contribution < -0.4 is 11.0 Å². The summed E-state index contributed by atoms with van der Waals surface area (Å²) in [6, 6.07) is 18.7. The minimum Gasteiger partial charge on any atom is -0.507 e. The molecule has 0 bridgehead atoms. The number of para-hydroxylation sites is 1. The Balaban J connectivity index is 1.56. The number of nitrogens with one attached hydrogen (secondary N) is 1. The number of thioether (sulfide) groups is 1. The summed E-state index contributed by atoms with van der Waals surface area (Å²) in [7, 11) is 0. The number of amides is 1. The fraction of sp³-hybridized carbons (Fsp3) is 0.0435. The van der Waals surface area contributed by atoms with Crippen molar-refractivity contribution in [2.24, 2.45) is 5.10 Å². The lowest BCUT2D eigenvalue weighted by Gasteiger charge is -2.13. The Morgan fingerprint density at radius 1 is 1.18 bits per heavy atom. The molecule has 0 saturated heterocycles. The maximum Gasteiger partial charge on any atom is 0.266 e. The van der Waals surface area contributed by atoms with Gasteiger partial charge in [0.15, 0.2) is 5.16 Å². The monoisotopic (exact) mass is 542 g/mol. The molecular formula is C23H16BrClN4O3S. The lowest BCUT2D eigenvalue weighted by molar-refractivity contribution is -0.118. The summed E-state index contributed by atoms with van der Waals surface area (Å²) in [5.41, 5.74) is 3.76. The number of halogens is 2. The summed E-state index contributed by atoms with van der Waals surface area (Å²) in [4.78, 5) is 30.1. The maximum atomic E-state index is 13.2. The molecule has 0 aliphatic heterocycles. The van der Waals surface area contributed by atoms with Gasteiger partial charge in [0.25, 0.3) is 11.5 Å². The predicted octanol–water partition coefficient (Wildman–Crippen LogP) is 4.75. The number of carbonyl (C=O) groups is 1. The summed E-state index contributed by atoms with van der Waals surface area (Å²) in [5.74, 6) is -0.381. The molecule has 10 heteroatoms. The number of hydrogen-bond acceptors (Lipinski definition) is 6. The average molecular weight is 544 g/mol. The average Bonchev–Trinajstić information content (AvgIpc) is 2.81. The second-order valence-electron chi connectivity index (χ2n) is 6.81. The maximum absolute atomic E-state index is 13.2. The van der Waals surface area contributed by atoms with Gasteiger partial charge >= 0.3 is 0 Å². The molecular weight excluding hydrogens is 528 g/mol. The summed E-state index contributed by atoms with van der Waals surface area (Å²) >= 11 is 10.4. The number of hydrogen-bond donors (Lipinski definition) is 2. The normalized spacial score (nSPS) is 11.2. The highest BCUT2D eigenvalue weighted by Crippen LogP contribution is 2.23. The van der Waals surface area contributed by atoms with Gasteiger partial charge in [-0.05, 0) is 54.6 Å². The second-order valence-corrected chi connectivity index (χ2v) is 9.11. The van der Waals surface area contributed by atoms with Crippen LogP contribution in [0.3, 0.4) is 0 Å². The van der Waals surface area contributed by atoms with Crippen molar-refractivity contribution in [1.82, 2.24) is 15.0 Å². The number of nitrogens with zero attached hydrogens (tertiary/aromatic N) is 3. The van der Waals surface area contributed by atoms with Crippen molar-refractivity contribution in [3.63, 3.8) is 0 Å². The molecule has 0 spiro atoms. The van der Waals surface area contributed by atoms with Gasteiger partial charge in [-0.25, -0.2) is 10.4 Å². The topological polar surface area (TPSA) is 96.6 Å². The summed E-state index contributed by atoms with van der Waals surface area (Å²) in [6.07, 6.45) is 1.35. The molecule has 166 valence electrons. The van der Waals surface area contributed by atoms with Crippen molar-refractivity contribution in [2.45, 2.75) is 5.16 Å². The Bertz CT molecular complexity index is 1420. The number of carbonyl (C=O) groups excluding carboxylic acids is 1. The van der Waals surface area contributed by atoms with Crippen molar-refractivity contribution in [2.75, 3.05) is 5.75 Å². The van der Waals surface area contributed by atoms with E-state index in [-0.39, 0.29) is 17.1 Å². The summed E-state index contributed by atoms with van der Waals surface area (Å²) in [6.45, 7) is 0. The first-order chi connectivity index (χ1) is 15.9. The van der Waals surface area contributed by atoms with Gasteiger partial charge < -0.3 is 5.11 Å². The summed E-state index contributed by atoms with van der Waals surface area (Å²) in [5, 5.41) is 15.1. The van der Waals surface area contributed by atoms with Crippen LogP contribution in [-0.2, 0) is 4.79 Å². The van der Waals surface area contributed by atoms with Crippen molar-refractivity contribution in [3.05, 3.63) is 92.1 Å². The molecule has 1 heterocycles. The number of phenols is 1. The van der Waals surface area contributed by atoms with Crippen molar-refractivity contribution >= 4 is 62.3 Å². The first-order valence-corrected chi connectivity index (χ1v) is 11.8. The highest BCUT2D eigenvalue weighted by molar-refractivity contribution is 9.10. The minimum atomic E-state index is -0.393. The molecule has 0 aliphatic carbocycles. The van der Waals surface area contributed by atoms with E-state index in [0.29, 0.717) is 32.3 Å². The molecule has 0 fully saturated rings. The standard InChI is InChI=1S/C23H16BrClN4O3S/c24-15-5-10-20(30)14(11-15)12-26-28-21(31)13-33-23-27-19-4-2-1-3-18(19)22(32)29(23)17-8-6-16(25)7-9-17/h1-12,30H,13H2,(H,28,31)/b26-12+. The van der Waals surface area contributed by atoms with Gasteiger partial charge in [0, 0.05) is 15.1 Å². The largest absolute Gasteiger partial charge is 0.507 e. The number of aromatic nitrogens is 2. The van der Waals surface area contributed by atoms with Gasteiger partial charge in [-0.1, -0.05) is 51.4 Å². The third-order valence-corrected chi connectivity index (χ3v) is 6.23. The Morgan fingerprint density at radius 3 is 2.73 bits per heavy atom. The molecule has 0 aliphatic rings. The van der Waals surface area contributed by atoms with E-state index in [1.165, 1.54) is 16.8 Å². The fourth-order valence-electron chi connectivity index (χ4n) is 2.99. The lowest BCUT2D eigenvalue weighted by atomic mass is 10.2. The van der Waals surface area contributed by atoms with Crippen LogP contribution in [0.15, 0.2) is 86.3 Å². The number of aromatic hydroxyl groups is 1. The van der Waals surface area contributed by atoms with E-state index < -0.39 is 5.91 Å². The van der Waals surface area contributed by atoms with E-state index >= 15 is 0 Å². The van der Waals surface area contributed by atoms with Gasteiger partial charge in [-0.15, -0.1) is 0 Å². The Labute approximate surface area is 206 Å². The van der Waals surface area contributed by atoms with Crippen LogP contribution in [0.25, 0.3) is 16.6 Å². The third-order valence-electron chi connectivity index (χ3n) is 4.54. The minimum absolute atomic E-state index is 0.0276. The molecule has 7 nitrogen and oxygen atoms in total. The number of rotatable bonds is 6. The number of benzene rings is 3. The quantitative estimate of drug-likeness (QED) is 0.158. The molecule has 1 amide bonds. The van der Waals surface area contributed by atoms with Gasteiger partial charge in [-0.2, -0.15) is 5.10 Å². The predicted molar refractivity (Wildman–Crippen MR) is 135 cm³/mol. The number of fused-ring (bicyclic) bond motifs is 1. The van der Waals surface area contributed by atoms with E-state index in [9.17, 15) is 14.7 Å². The highest BCUT2D eigenvalue weighted by Gasteiger charge is 2.14. The molecule has 4 rings (SSSR count). The van der Waals surface area contributed by atoms with Crippen LogP contribution in [0, 0.1) is 0 Å². The zero-order valence-corrected chi connectivity index (χ0v) is 20.1. The Kier molecular flexibility index (Phi) is 7.12.